The molecule has 0 aliphatic carbocycles. The summed E-state index contributed by atoms with van der Waals surface area (Å²) in [6.07, 6.45) is 0. The lowest BCUT2D eigenvalue weighted by atomic mass is 10.2. The maximum atomic E-state index is 6.57. The smallest absolute Gasteiger partial charge is 0.0560 e. The van der Waals surface area contributed by atoms with Crippen molar-refractivity contribution >= 4 is 18.5 Å². The molecule has 2 atom stereocenters. The fourth-order valence-corrected chi connectivity index (χ4v) is 4.82. The first-order valence-corrected chi connectivity index (χ1v) is 7.82. The summed E-state index contributed by atoms with van der Waals surface area (Å²) in [4.78, 5) is 0. The van der Waals surface area contributed by atoms with Gasteiger partial charge in [-0.05, 0) is 32.4 Å². The van der Waals surface area contributed by atoms with Gasteiger partial charge in [-0.1, -0.05) is 60.7 Å². The van der Waals surface area contributed by atoms with Gasteiger partial charge in [0.15, 0.2) is 0 Å². The van der Waals surface area contributed by atoms with E-state index < -0.39 is 13.2 Å². The van der Waals surface area contributed by atoms with Crippen molar-refractivity contribution in [3.63, 3.8) is 0 Å². The van der Waals surface area contributed by atoms with Crippen molar-refractivity contribution in [3.8, 4) is 0 Å². The molecule has 2 aromatic carbocycles. The van der Waals surface area contributed by atoms with Crippen molar-refractivity contribution in [1.82, 2.24) is 0 Å². The standard InChI is InChI=1S/C16H21N2P/c1-13(17)16(2,18)19(14-9-5-3-6-10-14)15-11-7-4-8-12-15/h3-13H,17-18H2,1-2H3. The summed E-state index contributed by atoms with van der Waals surface area (Å²) in [5.41, 5.74) is 12.7. The van der Waals surface area contributed by atoms with Gasteiger partial charge in [0.25, 0.3) is 0 Å². The molecule has 19 heavy (non-hydrogen) atoms. The van der Waals surface area contributed by atoms with Gasteiger partial charge in [-0.2, -0.15) is 0 Å². The van der Waals surface area contributed by atoms with Crippen LogP contribution in [0.2, 0.25) is 0 Å². The Morgan fingerprint density at radius 3 is 1.58 bits per heavy atom. The second-order valence-corrected chi connectivity index (χ2v) is 7.69. The molecule has 3 heteroatoms. The molecule has 0 aromatic heterocycles. The Morgan fingerprint density at radius 1 is 0.895 bits per heavy atom. The molecule has 0 saturated carbocycles. The Balaban J connectivity index is 2.52. The number of rotatable bonds is 4. The van der Waals surface area contributed by atoms with Crippen molar-refractivity contribution in [2.75, 3.05) is 0 Å². The van der Waals surface area contributed by atoms with E-state index in [1.165, 1.54) is 10.6 Å². The summed E-state index contributed by atoms with van der Waals surface area (Å²) < 4.78 is 0. The van der Waals surface area contributed by atoms with E-state index in [9.17, 15) is 0 Å². The monoisotopic (exact) mass is 272 g/mol. The molecule has 0 amide bonds. The SMILES string of the molecule is CC(N)C(C)(N)P(c1ccccc1)c1ccccc1. The third-order valence-corrected chi connectivity index (χ3v) is 6.43. The minimum absolute atomic E-state index is 0.0703. The molecule has 0 heterocycles. The molecule has 0 saturated heterocycles. The fourth-order valence-electron chi connectivity index (χ4n) is 2.06. The summed E-state index contributed by atoms with van der Waals surface area (Å²) in [6, 6.07) is 20.8. The topological polar surface area (TPSA) is 52.0 Å². The van der Waals surface area contributed by atoms with Gasteiger partial charge in [-0.3, -0.25) is 0 Å². The molecule has 0 radical (unpaired) electrons. The predicted octanol–water partition coefficient (Wildman–Crippen LogP) is 2.14. The van der Waals surface area contributed by atoms with Crippen molar-refractivity contribution in [3.05, 3.63) is 60.7 Å². The molecule has 0 aliphatic heterocycles. The molecule has 2 rings (SSSR count). The molecular formula is C16H21N2P. The largest absolute Gasteiger partial charge is 0.326 e. The number of nitrogens with two attached hydrogens (primary N) is 2. The van der Waals surface area contributed by atoms with Crippen LogP contribution in [0.25, 0.3) is 0 Å². The quantitative estimate of drug-likeness (QED) is 0.838. The van der Waals surface area contributed by atoms with Crippen LogP contribution in [0.1, 0.15) is 13.8 Å². The van der Waals surface area contributed by atoms with Crippen molar-refractivity contribution in [1.29, 1.82) is 0 Å². The number of benzene rings is 2. The highest BCUT2D eigenvalue weighted by molar-refractivity contribution is 7.74. The average Bonchev–Trinajstić information content (AvgIpc) is 2.41. The first kappa shape index (κ1) is 14.2. The minimum Gasteiger partial charge on any atom is -0.326 e. The molecule has 0 spiro atoms. The van der Waals surface area contributed by atoms with E-state index in [2.05, 4.69) is 55.5 Å². The Bertz CT molecular complexity index is 469. The van der Waals surface area contributed by atoms with E-state index >= 15 is 0 Å². The van der Waals surface area contributed by atoms with Crippen LogP contribution in [0.5, 0.6) is 0 Å². The van der Waals surface area contributed by atoms with Gasteiger partial charge < -0.3 is 11.5 Å². The van der Waals surface area contributed by atoms with E-state index in [1.807, 2.05) is 19.1 Å². The maximum absolute atomic E-state index is 6.57. The van der Waals surface area contributed by atoms with E-state index in [4.69, 9.17) is 11.5 Å². The lowest BCUT2D eigenvalue weighted by Gasteiger charge is -2.38. The number of hydrogen-bond donors (Lipinski definition) is 2. The van der Waals surface area contributed by atoms with Gasteiger partial charge in [0, 0.05) is 6.04 Å². The molecule has 2 nitrogen and oxygen atoms in total. The molecule has 0 aliphatic rings. The Labute approximate surface area is 116 Å². The van der Waals surface area contributed by atoms with E-state index in [0.29, 0.717) is 0 Å². The highest BCUT2D eigenvalue weighted by Gasteiger charge is 2.35. The van der Waals surface area contributed by atoms with Gasteiger partial charge in [-0.25, -0.2) is 0 Å². The molecule has 2 unspecified atom stereocenters. The lowest BCUT2D eigenvalue weighted by molar-refractivity contribution is 0.547. The summed E-state index contributed by atoms with van der Waals surface area (Å²) in [6.45, 7) is 4.05. The van der Waals surface area contributed by atoms with Gasteiger partial charge in [0.2, 0.25) is 0 Å². The zero-order valence-corrected chi connectivity index (χ0v) is 12.3. The predicted molar refractivity (Wildman–Crippen MR) is 85.3 cm³/mol. The molecular weight excluding hydrogens is 251 g/mol. The third-order valence-electron chi connectivity index (χ3n) is 3.43. The highest BCUT2D eigenvalue weighted by atomic mass is 31.1. The van der Waals surface area contributed by atoms with Crippen molar-refractivity contribution < 1.29 is 0 Å². The van der Waals surface area contributed by atoms with Gasteiger partial charge >= 0.3 is 0 Å². The van der Waals surface area contributed by atoms with E-state index in [0.717, 1.165) is 0 Å². The number of hydrogen-bond acceptors (Lipinski definition) is 2. The fraction of sp³-hybridized carbons (Fsp3) is 0.250. The molecule has 0 fully saturated rings. The van der Waals surface area contributed by atoms with Crippen molar-refractivity contribution in [2.45, 2.75) is 25.2 Å². The molecule has 4 N–H and O–H groups in total. The zero-order chi connectivity index (χ0) is 13.9. The highest BCUT2D eigenvalue weighted by Crippen LogP contribution is 2.45. The summed E-state index contributed by atoms with van der Waals surface area (Å²) in [5.74, 6) is 0. The van der Waals surface area contributed by atoms with Crippen LogP contribution in [0.4, 0.5) is 0 Å². The second kappa shape index (κ2) is 5.83. The van der Waals surface area contributed by atoms with Crippen LogP contribution >= 0.6 is 7.92 Å². The Kier molecular flexibility index (Phi) is 4.36. The van der Waals surface area contributed by atoms with Crippen LogP contribution in [0.3, 0.4) is 0 Å². The molecule has 100 valence electrons. The van der Waals surface area contributed by atoms with Crippen LogP contribution < -0.4 is 22.1 Å². The van der Waals surface area contributed by atoms with Gasteiger partial charge in [0.1, 0.15) is 0 Å². The summed E-state index contributed by atoms with van der Waals surface area (Å²) in [7, 11) is -0.681. The van der Waals surface area contributed by atoms with Crippen LogP contribution in [0, 0.1) is 0 Å². The van der Waals surface area contributed by atoms with Crippen molar-refractivity contribution in [2.24, 2.45) is 11.5 Å². The minimum atomic E-state index is -0.681. The van der Waals surface area contributed by atoms with E-state index in [1.54, 1.807) is 0 Å². The van der Waals surface area contributed by atoms with Crippen LogP contribution in [-0.4, -0.2) is 11.3 Å². The molecule has 0 bridgehead atoms. The molecule has 2 aromatic rings. The first-order valence-electron chi connectivity index (χ1n) is 6.48. The Morgan fingerprint density at radius 2 is 1.26 bits per heavy atom. The second-order valence-electron chi connectivity index (χ2n) is 5.02. The maximum Gasteiger partial charge on any atom is 0.0560 e. The Hall–Kier alpha value is -1.21. The van der Waals surface area contributed by atoms with Crippen LogP contribution in [-0.2, 0) is 0 Å². The summed E-state index contributed by atoms with van der Waals surface area (Å²) >= 11 is 0. The van der Waals surface area contributed by atoms with E-state index in [-0.39, 0.29) is 6.04 Å². The summed E-state index contributed by atoms with van der Waals surface area (Å²) in [5, 5.41) is 2.11. The first-order chi connectivity index (χ1) is 9.03. The zero-order valence-electron chi connectivity index (χ0n) is 11.5. The van der Waals surface area contributed by atoms with Crippen LogP contribution in [0.15, 0.2) is 60.7 Å². The average molecular weight is 272 g/mol. The lowest BCUT2D eigenvalue weighted by Crippen LogP contribution is -2.53. The van der Waals surface area contributed by atoms with Gasteiger partial charge in [-0.15, -0.1) is 0 Å². The van der Waals surface area contributed by atoms with Gasteiger partial charge in [0.05, 0.1) is 5.28 Å². The third kappa shape index (κ3) is 3.03. The normalized spacial score (nSPS) is 16.1.